The van der Waals surface area contributed by atoms with Crippen LogP contribution in [0.2, 0.25) is 0 Å². The first-order valence-corrected chi connectivity index (χ1v) is 6.57. The van der Waals surface area contributed by atoms with Crippen LogP contribution in [0.5, 0.6) is 0 Å². The number of urea groups is 1. The highest BCUT2D eigenvalue weighted by Gasteiger charge is 2.37. The Morgan fingerprint density at radius 1 is 1.39 bits per heavy atom. The molecule has 2 atom stereocenters. The van der Waals surface area contributed by atoms with Crippen molar-refractivity contribution in [1.29, 1.82) is 0 Å². The molecule has 0 aliphatic carbocycles. The standard InChI is InChI=1S/C15H18N2O/c1-11-4-2-5-12(10-11)16-15(18)17-13-6-3-7-14(17)9-8-13/h2-6,10,13-14H,7-9H2,1H3,(H,16,18). The van der Waals surface area contributed by atoms with Crippen molar-refractivity contribution in [3.05, 3.63) is 42.0 Å². The number of fused-ring (bicyclic) bond motifs is 2. The Hall–Kier alpha value is -1.77. The summed E-state index contributed by atoms with van der Waals surface area (Å²) >= 11 is 0. The van der Waals surface area contributed by atoms with Gasteiger partial charge in [0, 0.05) is 11.7 Å². The molecular formula is C15H18N2O. The Labute approximate surface area is 107 Å². The number of carbonyl (C=O) groups is 1. The van der Waals surface area contributed by atoms with E-state index < -0.39 is 0 Å². The second kappa shape index (κ2) is 4.48. The average molecular weight is 242 g/mol. The molecule has 1 saturated heterocycles. The van der Waals surface area contributed by atoms with Crippen molar-refractivity contribution in [2.45, 2.75) is 38.3 Å². The molecule has 2 aliphatic rings. The van der Waals surface area contributed by atoms with Gasteiger partial charge >= 0.3 is 6.03 Å². The molecule has 3 nitrogen and oxygen atoms in total. The number of anilines is 1. The predicted molar refractivity (Wildman–Crippen MR) is 72.6 cm³/mol. The summed E-state index contributed by atoms with van der Waals surface area (Å²) < 4.78 is 0. The summed E-state index contributed by atoms with van der Waals surface area (Å²) in [4.78, 5) is 14.3. The van der Waals surface area contributed by atoms with Crippen molar-refractivity contribution in [3.63, 3.8) is 0 Å². The van der Waals surface area contributed by atoms with Gasteiger partial charge in [-0.05, 0) is 43.9 Å². The van der Waals surface area contributed by atoms with Crippen LogP contribution in [0.3, 0.4) is 0 Å². The molecule has 1 aromatic carbocycles. The molecular weight excluding hydrogens is 224 g/mol. The van der Waals surface area contributed by atoms with E-state index in [4.69, 9.17) is 0 Å². The zero-order valence-corrected chi connectivity index (χ0v) is 10.6. The molecule has 3 rings (SSSR count). The molecule has 2 aliphatic heterocycles. The molecule has 1 aromatic rings. The molecule has 18 heavy (non-hydrogen) atoms. The Morgan fingerprint density at radius 3 is 3.06 bits per heavy atom. The van der Waals surface area contributed by atoms with Crippen molar-refractivity contribution in [2.24, 2.45) is 0 Å². The lowest BCUT2D eigenvalue weighted by Crippen LogP contribution is -2.44. The minimum Gasteiger partial charge on any atom is -0.315 e. The fourth-order valence-corrected chi connectivity index (χ4v) is 2.95. The highest BCUT2D eigenvalue weighted by molar-refractivity contribution is 5.90. The van der Waals surface area contributed by atoms with Crippen LogP contribution in [-0.2, 0) is 0 Å². The molecule has 0 radical (unpaired) electrons. The van der Waals surface area contributed by atoms with Crippen molar-refractivity contribution < 1.29 is 4.79 Å². The van der Waals surface area contributed by atoms with E-state index in [1.54, 1.807) is 0 Å². The second-order valence-electron chi connectivity index (χ2n) is 5.17. The third-order valence-corrected chi connectivity index (χ3v) is 3.82. The van der Waals surface area contributed by atoms with E-state index in [9.17, 15) is 4.79 Å². The lowest BCUT2D eigenvalue weighted by Gasteiger charge is -2.31. The van der Waals surface area contributed by atoms with Gasteiger partial charge in [-0.2, -0.15) is 0 Å². The van der Waals surface area contributed by atoms with E-state index >= 15 is 0 Å². The summed E-state index contributed by atoms with van der Waals surface area (Å²) in [5, 5.41) is 3.01. The first-order chi connectivity index (χ1) is 8.74. The number of carbonyl (C=O) groups excluding carboxylic acids is 1. The van der Waals surface area contributed by atoms with Crippen LogP contribution >= 0.6 is 0 Å². The summed E-state index contributed by atoms with van der Waals surface area (Å²) in [5.74, 6) is 0. The van der Waals surface area contributed by atoms with Crippen LogP contribution in [0.15, 0.2) is 36.4 Å². The molecule has 1 N–H and O–H groups in total. The van der Waals surface area contributed by atoms with Crippen molar-refractivity contribution in [2.75, 3.05) is 5.32 Å². The number of rotatable bonds is 1. The van der Waals surface area contributed by atoms with Gasteiger partial charge in [0.1, 0.15) is 0 Å². The van der Waals surface area contributed by atoms with Gasteiger partial charge in [0.25, 0.3) is 0 Å². The zero-order valence-electron chi connectivity index (χ0n) is 10.6. The Balaban J connectivity index is 1.74. The predicted octanol–water partition coefficient (Wildman–Crippen LogP) is 3.32. The maximum Gasteiger partial charge on any atom is 0.322 e. The molecule has 3 heteroatoms. The van der Waals surface area contributed by atoms with Crippen LogP contribution in [0.1, 0.15) is 24.8 Å². The summed E-state index contributed by atoms with van der Waals surface area (Å²) in [6, 6.07) is 8.67. The fraction of sp³-hybridized carbons (Fsp3) is 0.400. The van der Waals surface area contributed by atoms with E-state index in [-0.39, 0.29) is 6.03 Å². The molecule has 2 unspecified atom stereocenters. The number of hydrogen-bond donors (Lipinski definition) is 1. The van der Waals surface area contributed by atoms with Crippen molar-refractivity contribution in [3.8, 4) is 0 Å². The van der Waals surface area contributed by atoms with Gasteiger partial charge in [-0.1, -0.05) is 24.3 Å². The second-order valence-corrected chi connectivity index (χ2v) is 5.17. The molecule has 0 spiro atoms. The molecule has 2 bridgehead atoms. The molecule has 2 amide bonds. The van der Waals surface area contributed by atoms with Gasteiger partial charge < -0.3 is 10.2 Å². The van der Waals surface area contributed by atoms with Crippen LogP contribution < -0.4 is 5.32 Å². The zero-order chi connectivity index (χ0) is 12.5. The Kier molecular flexibility index (Phi) is 2.82. The number of aryl methyl sites for hydroxylation is 1. The monoisotopic (exact) mass is 242 g/mol. The van der Waals surface area contributed by atoms with E-state index in [2.05, 4.69) is 17.5 Å². The van der Waals surface area contributed by atoms with Crippen LogP contribution in [0.4, 0.5) is 10.5 Å². The van der Waals surface area contributed by atoms with Crippen molar-refractivity contribution >= 4 is 11.7 Å². The molecule has 0 saturated carbocycles. The lowest BCUT2D eigenvalue weighted by molar-refractivity contribution is 0.192. The maximum absolute atomic E-state index is 12.3. The van der Waals surface area contributed by atoms with Crippen LogP contribution in [0.25, 0.3) is 0 Å². The lowest BCUT2D eigenvalue weighted by atomic mass is 10.1. The highest BCUT2D eigenvalue weighted by atomic mass is 16.2. The SMILES string of the molecule is Cc1cccc(NC(=O)N2C3C=CCC2CC3)c1. The molecule has 0 aromatic heterocycles. The number of benzene rings is 1. The van der Waals surface area contributed by atoms with Gasteiger partial charge in [0.2, 0.25) is 0 Å². The van der Waals surface area contributed by atoms with Gasteiger partial charge in [0.15, 0.2) is 0 Å². The van der Waals surface area contributed by atoms with E-state index in [0.29, 0.717) is 12.1 Å². The van der Waals surface area contributed by atoms with E-state index in [0.717, 1.165) is 30.5 Å². The first kappa shape index (κ1) is 11.3. The summed E-state index contributed by atoms with van der Waals surface area (Å²) in [7, 11) is 0. The highest BCUT2D eigenvalue weighted by Crippen LogP contribution is 2.31. The molecule has 2 heterocycles. The number of nitrogens with zero attached hydrogens (tertiary/aromatic N) is 1. The summed E-state index contributed by atoms with van der Waals surface area (Å²) in [6.07, 6.45) is 7.59. The number of hydrogen-bond acceptors (Lipinski definition) is 1. The van der Waals surface area contributed by atoms with E-state index in [1.807, 2.05) is 36.1 Å². The molecule has 1 fully saturated rings. The summed E-state index contributed by atoms with van der Waals surface area (Å²) in [6.45, 7) is 2.03. The summed E-state index contributed by atoms with van der Waals surface area (Å²) in [5.41, 5.74) is 2.04. The first-order valence-electron chi connectivity index (χ1n) is 6.57. The quantitative estimate of drug-likeness (QED) is 0.753. The van der Waals surface area contributed by atoms with Gasteiger partial charge in [-0.25, -0.2) is 4.79 Å². The van der Waals surface area contributed by atoms with E-state index in [1.165, 1.54) is 0 Å². The maximum atomic E-state index is 12.3. The third-order valence-electron chi connectivity index (χ3n) is 3.82. The van der Waals surface area contributed by atoms with Gasteiger partial charge in [-0.15, -0.1) is 0 Å². The number of nitrogens with one attached hydrogen (secondary N) is 1. The smallest absolute Gasteiger partial charge is 0.315 e. The third kappa shape index (κ3) is 2.01. The minimum atomic E-state index is 0.0393. The van der Waals surface area contributed by atoms with Crippen molar-refractivity contribution in [1.82, 2.24) is 4.90 Å². The minimum absolute atomic E-state index is 0.0393. The van der Waals surface area contributed by atoms with Gasteiger partial charge in [-0.3, -0.25) is 0 Å². The Bertz CT molecular complexity index is 495. The topological polar surface area (TPSA) is 32.3 Å². The fourth-order valence-electron chi connectivity index (χ4n) is 2.95. The van der Waals surface area contributed by atoms with Crippen LogP contribution in [-0.4, -0.2) is 23.0 Å². The number of amides is 2. The Morgan fingerprint density at radius 2 is 2.28 bits per heavy atom. The largest absolute Gasteiger partial charge is 0.322 e. The van der Waals surface area contributed by atoms with Crippen LogP contribution in [0, 0.1) is 6.92 Å². The normalized spacial score (nSPS) is 25.3. The van der Waals surface area contributed by atoms with Gasteiger partial charge in [0.05, 0.1) is 6.04 Å². The average Bonchev–Trinajstić information content (AvgIpc) is 2.60. The molecule has 94 valence electrons.